The maximum Gasteiger partial charge on any atom is 0.261 e. The molecule has 1 saturated heterocycles. The average molecular weight is 479 g/mol. The number of H-pyrrole nitrogens is 1. The monoisotopic (exact) mass is 478 g/mol. The van der Waals surface area contributed by atoms with Crippen molar-refractivity contribution in [2.24, 2.45) is 0 Å². The van der Waals surface area contributed by atoms with Crippen LogP contribution >= 0.6 is 0 Å². The fourth-order valence-corrected chi connectivity index (χ4v) is 5.38. The normalized spacial score (nSPS) is 16.5. The number of rotatable bonds is 5. The highest BCUT2D eigenvalue weighted by molar-refractivity contribution is 7.92. The lowest BCUT2D eigenvalue weighted by atomic mass is 9.96. The molecule has 174 valence electrons. The molecule has 2 heterocycles. The van der Waals surface area contributed by atoms with Crippen molar-refractivity contribution in [1.82, 2.24) is 14.9 Å². The summed E-state index contributed by atoms with van der Waals surface area (Å²) in [5, 5.41) is 0. The number of para-hydroxylation sites is 3. The van der Waals surface area contributed by atoms with Gasteiger partial charge in [0, 0.05) is 19.0 Å². The Kier molecular flexibility index (Phi) is 5.79. The molecule has 1 unspecified atom stereocenters. The van der Waals surface area contributed by atoms with Gasteiger partial charge in [0.2, 0.25) is 0 Å². The number of halogens is 1. The maximum absolute atomic E-state index is 13.4. The summed E-state index contributed by atoms with van der Waals surface area (Å²) in [6.07, 6.45) is 1.72. The van der Waals surface area contributed by atoms with Crippen molar-refractivity contribution < 1.29 is 17.6 Å². The van der Waals surface area contributed by atoms with Crippen molar-refractivity contribution in [1.29, 1.82) is 0 Å². The number of piperidine rings is 1. The Labute approximate surface area is 196 Å². The molecule has 1 aliphatic heterocycles. The Morgan fingerprint density at radius 1 is 1.03 bits per heavy atom. The quantitative estimate of drug-likeness (QED) is 0.441. The molecule has 2 N–H and O–H groups in total. The maximum atomic E-state index is 13.4. The van der Waals surface area contributed by atoms with Crippen LogP contribution in [-0.2, 0) is 10.0 Å². The number of sulfonamides is 1. The van der Waals surface area contributed by atoms with Crippen molar-refractivity contribution >= 4 is 32.7 Å². The van der Waals surface area contributed by atoms with E-state index in [1.54, 1.807) is 29.2 Å². The lowest BCUT2D eigenvalue weighted by Crippen LogP contribution is -2.39. The molecule has 5 rings (SSSR count). The van der Waals surface area contributed by atoms with Crippen LogP contribution < -0.4 is 4.72 Å². The number of aromatic amines is 1. The van der Waals surface area contributed by atoms with Gasteiger partial charge in [0.05, 0.1) is 27.2 Å². The first-order chi connectivity index (χ1) is 16.4. The highest BCUT2D eigenvalue weighted by Gasteiger charge is 2.29. The number of hydrogen-bond acceptors (Lipinski definition) is 4. The molecule has 0 aliphatic carbocycles. The topological polar surface area (TPSA) is 95.2 Å². The van der Waals surface area contributed by atoms with Crippen molar-refractivity contribution in [3.8, 4) is 0 Å². The summed E-state index contributed by atoms with van der Waals surface area (Å²) in [4.78, 5) is 23.2. The van der Waals surface area contributed by atoms with Crippen molar-refractivity contribution in [2.45, 2.75) is 23.7 Å². The van der Waals surface area contributed by atoms with Gasteiger partial charge in [-0.3, -0.25) is 9.52 Å². The minimum atomic E-state index is -3.99. The Hall–Kier alpha value is -3.72. The summed E-state index contributed by atoms with van der Waals surface area (Å²) in [6.45, 7) is 1.06. The number of benzene rings is 3. The summed E-state index contributed by atoms with van der Waals surface area (Å²) in [5.41, 5.74) is 2.30. The van der Waals surface area contributed by atoms with Crippen LogP contribution in [-0.4, -0.2) is 42.3 Å². The molecule has 1 aromatic heterocycles. The molecule has 1 atom stereocenters. The van der Waals surface area contributed by atoms with Crippen LogP contribution in [0.2, 0.25) is 0 Å². The minimum Gasteiger partial charge on any atom is -0.342 e. The minimum absolute atomic E-state index is 0.0631. The Balaban J connectivity index is 1.38. The Bertz CT molecular complexity index is 1420. The number of carbonyl (C=O) groups excluding carboxylic acids is 1. The highest BCUT2D eigenvalue weighted by atomic mass is 32.2. The van der Waals surface area contributed by atoms with Gasteiger partial charge in [-0.2, -0.15) is 0 Å². The largest absolute Gasteiger partial charge is 0.342 e. The number of anilines is 1. The first-order valence-corrected chi connectivity index (χ1v) is 12.5. The van der Waals surface area contributed by atoms with E-state index in [1.165, 1.54) is 12.1 Å². The van der Waals surface area contributed by atoms with Gasteiger partial charge in [0.1, 0.15) is 11.6 Å². The van der Waals surface area contributed by atoms with Gasteiger partial charge in [-0.25, -0.2) is 17.8 Å². The van der Waals surface area contributed by atoms with Crippen molar-refractivity contribution in [3.63, 3.8) is 0 Å². The zero-order chi connectivity index (χ0) is 23.7. The molecule has 0 bridgehead atoms. The highest BCUT2D eigenvalue weighted by Crippen LogP contribution is 2.29. The third-order valence-corrected chi connectivity index (χ3v) is 7.41. The van der Waals surface area contributed by atoms with E-state index in [1.807, 2.05) is 24.3 Å². The lowest BCUT2D eigenvalue weighted by molar-refractivity contribution is 0.0706. The third kappa shape index (κ3) is 4.38. The summed E-state index contributed by atoms with van der Waals surface area (Å²) >= 11 is 0. The van der Waals surface area contributed by atoms with E-state index in [-0.39, 0.29) is 28.0 Å². The molecule has 1 fully saturated rings. The van der Waals surface area contributed by atoms with Crippen LogP contribution in [0.3, 0.4) is 0 Å². The Morgan fingerprint density at radius 3 is 2.56 bits per heavy atom. The molecule has 9 heteroatoms. The number of aromatic nitrogens is 2. The van der Waals surface area contributed by atoms with Gasteiger partial charge < -0.3 is 9.88 Å². The van der Waals surface area contributed by atoms with E-state index < -0.39 is 15.8 Å². The molecule has 1 aliphatic rings. The van der Waals surface area contributed by atoms with Crippen LogP contribution in [0, 0.1) is 5.82 Å². The van der Waals surface area contributed by atoms with Gasteiger partial charge in [0.15, 0.2) is 0 Å². The summed E-state index contributed by atoms with van der Waals surface area (Å²) in [6, 6.07) is 18.9. The predicted octanol–water partition coefficient (Wildman–Crippen LogP) is 4.52. The average Bonchev–Trinajstić information content (AvgIpc) is 3.29. The first kappa shape index (κ1) is 22.1. The van der Waals surface area contributed by atoms with Crippen LogP contribution in [0.15, 0.2) is 77.7 Å². The molecule has 3 aromatic carbocycles. The van der Waals surface area contributed by atoms with Crippen molar-refractivity contribution in [2.75, 3.05) is 17.8 Å². The summed E-state index contributed by atoms with van der Waals surface area (Å²) < 4.78 is 41.3. The SMILES string of the molecule is O=C(c1ccccc1NS(=O)(=O)c1ccc(F)cc1)N1CCCC(c2nc3ccccc3[nH]2)C1. The number of nitrogens with zero attached hydrogens (tertiary/aromatic N) is 2. The van der Waals surface area contributed by atoms with E-state index in [9.17, 15) is 17.6 Å². The molecular formula is C25H23FN4O3S. The van der Waals surface area contributed by atoms with Crippen LogP contribution in [0.25, 0.3) is 11.0 Å². The molecule has 1 amide bonds. The molecule has 7 nitrogen and oxygen atoms in total. The van der Waals surface area contributed by atoms with Crippen LogP contribution in [0.1, 0.15) is 34.9 Å². The van der Waals surface area contributed by atoms with Gasteiger partial charge in [0.25, 0.3) is 15.9 Å². The zero-order valence-electron chi connectivity index (χ0n) is 18.2. The fourth-order valence-electron chi connectivity index (χ4n) is 4.30. The molecule has 4 aromatic rings. The fraction of sp³-hybridized carbons (Fsp3) is 0.200. The van der Waals surface area contributed by atoms with E-state index in [0.717, 1.165) is 41.8 Å². The number of imidazole rings is 1. The lowest BCUT2D eigenvalue weighted by Gasteiger charge is -2.32. The molecule has 0 saturated carbocycles. The summed E-state index contributed by atoms with van der Waals surface area (Å²) in [5.74, 6) is 0.133. The molecular weight excluding hydrogens is 455 g/mol. The second-order valence-corrected chi connectivity index (χ2v) is 10.0. The van der Waals surface area contributed by atoms with Gasteiger partial charge in [-0.05, 0) is 61.4 Å². The molecule has 34 heavy (non-hydrogen) atoms. The molecule has 0 radical (unpaired) electrons. The number of nitrogens with one attached hydrogen (secondary N) is 2. The second kappa shape index (κ2) is 8.90. The predicted molar refractivity (Wildman–Crippen MR) is 128 cm³/mol. The van der Waals surface area contributed by atoms with E-state index in [4.69, 9.17) is 4.98 Å². The zero-order valence-corrected chi connectivity index (χ0v) is 19.1. The Morgan fingerprint density at radius 2 is 1.76 bits per heavy atom. The number of carbonyl (C=O) groups is 1. The first-order valence-electron chi connectivity index (χ1n) is 11.0. The third-order valence-electron chi connectivity index (χ3n) is 6.03. The van der Waals surface area contributed by atoms with Gasteiger partial charge in [-0.1, -0.05) is 24.3 Å². The van der Waals surface area contributed by atoms with E-state index in [2.05, 4.69) is 9.71 Å². The second-order valence-electron chi connectivity index (χ2n) is 8.33. The summed E-state index contributed by atoms with van der Waals surface area (Å²) in [7, 11) is -3.99. The number of fused-ring (bicyclic) bond motifs is 1. The smallest absolute Gasteiger partial charge is 0.261 e. The number of likely N-dealkylation sites (tertiary alicyclic amines) is 1. The van der Waals surface area contributed by atoms with Gasteiger partial charge in [-0.15, -0.1) is 0 Å². The standard InChI is InChI=1S/C25H23FN4O3S/c26-18-11-13-19(14-12-18)34(32,33)29-21-8-2-1-7-20(21)25(31)30-15-5-6-17(16-30)24-27-22-9-3-4-10-23(22)28-24/h1-4,7-14,17,29H,5-6,15-16H2,(H,27,28). The van der Waals surface area contributed by atoms with Crippen LogP contribution in [0.4, 0.5) is 10.1 Å². The van der Waals surface area contributed by atoms with Crippen molar-refractivity contribution in [3.05, 3.63) is 90.0 Å². The molecule has 0 spiro atoms. The number of amides is 1. The van der Waals surface area contributed by atoms with E-state index in [0.29, 0.717) is 13.1 Å². The number of hydrogen-bond donors (Lipinski definition) is 2. The van der Waals surface area contributed by atoms with Gasteiger partial charge >= 0.3 is 0 Å². The van der Waals surface area contributed by atoms with E-state index >= 15 is 0 Å². The van der Waals surface area contributed by atoms with Crippen LogP contribution in [0.5, 0.6) is 0 Å².